The zero-order chi connectivity index (χ0) is 13.6. The largest absolute Gasteiger partial charge is 0.425 e. The second-order valence-electron chi connectivity index (χ2n) is 3.98. The molecule has 1 aromatic carbocycles. The highest BCUT2D eigenvalue weighted by Gasteiger charge is 2.32. The summed E-state index contributed by atoms with van der Waals surface area (Å²) in [5.41, 5.74) is 6.58. The Labute approximate surface area is 109 Å². The van der Waals surface area contributed by atoms with Crippen LogP contribution < -0.4 is 5.73 Å². The Morgan fingerprint density at radius 2 is 1.95 bits per heavy atom. The van der Waals surface area contributed by atoms with Gasteiger partial charge in [0.2, 0.25) is 5.88 Å². The van der Waals surface area contributed by atoms with Crippen LogP contribution in [-0.4, -0.2) is 5.16 Å². The maximum Gasteiger partial charge on any atom is 0.425 e. The number of benzene rings is 1. The fourth-order valence-corrected chi connectivity index (χ4v) is 2.68. The molecule has 0 spiro atoms. The molecule has 0 atom stereocenters. The summed E-state index contributed by atoms with van der Waals surface area (Å²) < 4.78 is 43.2. The van der Waals surface area contributed by atoms with Gasteiger partial charge in [0.05, 0.1) is 0 Å². The van der Waals surface area contributed by atoms with E-state index in [0.29, 0.717) is 21.3 Å². The Kier molecular flexibility index (Phi) is 2.53. The predicted molar refractivity (Wildman–Crippen MR) is 66.7 cm³/mol. The molecule has 7 heteroatoms. The molecule has 3 nitrogen and oxygen atoms in total. The average Bonchev–Trinajstić information content (AvgIpc) is 2.92. The first-order valence-corrected chi connectivity index (χ1v) is 6.08. The van der Waals surface area contributed by atoms with Gasteiger partial charge in [-0.05, 0) is 23.6 Å². The van der Waals surface area contributed by atoms with Gasteiger partial charge >= 0.3 is 6.18 Å². The van der Waals surface area contributed by atoms with E-state index in [9.17, 15) is 13.2 Å². The third-order valence-electron chi connectivity index (χ3n) is 2.62. The third-order valence-corrected chi connectivity index (χ3v) is 3.78. The summed E-state index contributed by atoms with van der Waals surface area (Å²) in [7, 11) is 0. The summed E-state index contributed by atoms with van der Waals surface area (Å²) in [5.74, 6) is 0.163. The van der Waals surface area contributed by atoms with Gasteiger partial charge in [-0.25, -0.2) is 0 Å². The number of hydrogen-bond donors (Lipinski definition) is 1. The minimum Gasteiger partial charge on any atom is -0.368 e. The lowest BCUT2D eigenvalue weighted by Crippen LogP contribution is -2.00. The molecule has 0 unspecified atom stereocenters. The lowest BCUT2D eigenvalue weighted by Gasteiger charge is -1.99. The van der Waals surface area contributed by atoms with Crippen LogP contribution in [0, 0.1) is 0 Å². The molecule has 0 fully saturated rings. The number of halogens is 3. The maximum atomic E-state index is 12.6. The zero-order valence-corrected chi connectivity index (χ0v) is 10.2. The van der Waals surface area contributed by atoms with E-state index in [1.807, 2.05) is 0 Å². The van der Waals surface area contributed by atoms with Crippen molar-refractivity contribution in [2.45, 2.75) is 6.18 Å². The number of nitrogen functional groups attached to an aromatic ring is 1. The standard InChI is InChI=1S/C12H7F3N2OS/c13-12(14,15)10-4-7-3-6(1-2-9(7)19-10)8-5-11(16)18-17-8/h1-5H,16H2. The Morgan fingerprint density at radius 1 is 1.16 bits per heavy atom. The molecule has 0 bridgehead atoms. The fraction of sp³-hybridized carbons (Fsp3) is 0.0833. The fourth-order valence-electron chi connectivity index (χ4n) is 1.77. The molecule has 0 aliphatic carbocycles. The van der Waals surface area contributed by atoms with Gasteiger partial charge in [0, 0.05) is 16.3 Å². The predicted octanol–water partition coefficient (Wildman–Crippen LogP) is 4.16. The molecule has 0 saturated heterocycles. The summed E-state index contributed by atoms with van der Waals surface area (Å²) >= 11 is 0.720. The lowest BCUT2D eigenvalue weighted by molar-refractivity contribution is -0.134. The zero-order valence-electron chi connectivity index (χ0n) is 9.36. The minimum atomic E-state index is -4.32. The van der Waals surface area contributed by atoms with E-state index in [1.54, 1.807) is 18.2 Å². The monoisotopic (exact) mass is 284 g/mol. The Hall–Kier alpha value is -2.02. The van der Waals surface area contributed by atoms with Crippen molar-refractivity contribution in [3.63, 3.8) is 0 Å². The molecule has 2 heterocycles. The van der Waals surface area contributed by atoms with Gasteiger partial charge in [0.1, 0.15) is 10.6 Å². The van der Waals surface area contributed by atoms with Crippen LogP contribution in [0.15, 0.2) is 34.9 Å². The van der Waals surface area contributed by atoms with Gasteiger partial charge in [-0.15, -0.1) is 11.3 Å². The normalized spacial score (nSPS) is 12.2. The summed E-state index contributed by atoms with van der Waals surface area (Å²) in [4.78, 5) is -0.612. The number of alkyl halides is 3. The topological polar surface area (TPSA) is 52.0 Å². The van der Waals surface area contributed by atoms with Crippen molar-refractivity contribution in [2.24, 2.45) is 0 Å². The average molecular weight is 284 g/mol. The molecule has 2 N–H and O–H groups in total. The third kappa shape index (κ3) is 2.17. The number of aromatic nitrogens is 1. The van der Waals surface area contributed by atoms with Gasteiger partial charge < -0.3 is 10.3 Å². The van der Waals surface area contributed by atoms with Crippen LogP contribution in [0.1, 0.15) is 4.88 Å². The Morgan fingerprint density at radius 3 is 2.58 bits per heavy atom. The van der Waals surface area contributed by atoms with Crippen LogP contribution in [0.2, 0.25) is 0 Å². The molecule has 3 rings (SSSR count). The second kappa shape index (κ2) is 3.99. The number of hydrogen-bond acceptors (Lipinski definition) is 4. The quantitative estimate of drug-likeness (QED) is 0.730. The van der Waals surface area contributed by atoms with Crippen molar-refractivity contribution in [1.29, 1.82) is 0 Å². The van der Waals surface area contributed by atoms with E-state index in [2.05, 4.69) is 5.16 Å². The first kappa shape index (κ1) is 12.0. The van der Waals surface area contributed by atoms with Crippen LogP contribution in [0.4, 0.5) is 19.1 Å². The molecule has 0 aliphatic heterocycles. The molecule has 0 aliphatic rings. The van der Waals surface area contributed by atoms with Gasteiger partial charge in [-0.1, -0.05) is 11.2 Å². The summed E-state index contributed by atoms with van der Waals surface area (Å²) in [6.07, 6.45) is -4.32. The van der Waals surface area contributed by atoms with Gasteiger partial charge in [0.25, 0.3) is 0 Å². The molecular formula is C12H7F3N2OS. The molecule has 19 heavy (non-hydrogen) atoms. The number of fused-ring (bicyclic) bond motifs is 1. The summed E-state index contributed by atoms with van der Waals surface area (Å²) in [6, 6.07) is 7.62. The van der Waals surface area contributed by atoms with E-state index in [-0.39, 0.29) is 5.88 Å². The smallest absolute Gasteiger partial charge is 0.368 e. The number of anilines is 1. The van der Waals surface area contributed by atoms with Gasteiger partial charge in [0.15, 0.2) is 0 Å². The highest BCUT2D eigenvalue weighted by Crippen LogP contribution is 2.39. The first-order valence-electron chi connectivity index (χ1n) is 5.27. The molecular weight excluding hydrogens is 277 g/mol. The van der Waals surface area contributed by atoms with Crippen LogP contribution in [0.25, 0.3) is 21.3 Å². The van der Waals surface area contributed by atoms with E-state index >= 15 is 0 Å². The summed E-state index contributed by atoms with van der Waals surface area (Å²) in [6.45, 7) is 0. The molecule has 98 valence electrons. The molecule has 0 saturated carbocycles. The van der Waals surface area contributed by atoms with E-state index in [4.69, 9.17) is 10.3 Å². The van der Waals surface area contributed by atoms with Crippen molar-refractivity contribution in [1.82, 2.24) is 5.16 Å². The first-order chi connectivity index (χ1) is 8.93. The van der Waals surface area contributed by atoms with Crippen LogP contribution in [0.5, 0.6) is 0 Å². The summed E-state index contributed by atoms with van der Waals surface area (Å²) in [5, 5.41) is 4.25. The molecule has 0 radical (unpaired) electrons. The van der Waals surface area contributed by atoms with Crippen molar-refractivity contribution in [3.05, 3.63) is 35.2 Å². The SMILES string of the molecule is Nc1cc(-c2ccc3sc(C(F)(F)F)cc3c2)no1. The lowest BCUT2D eigenvalue weighted by atomic mass is 10.1. The van der Waals surface area contributed by atoms with Crippen molar-refractivity contribution < 1.29 is 17.7 Å². The van der Waals surface area contributed by atoms with Crippen LogP contribution in [-0.2, 0) is 6.18 Å². The number of thiophene rings is 1. The second-order valence-corrected chi connectivity index (χ2v) is 5.06. The molecule has 2 aromatic heterocycles. The van der Waals surface area contributed by atoms with E-state index in [1.165, 1.54) is 6.07 Å². The highest BCUT2D eigenvalue weighted by atomic mass is 32.1. The van der Waals surface area contributed by atoms with Crippen molar-refractivity contribution in [2.75, 3.05) is 5.73 Å². The van der Waals surface area contributed by atoms with Gasteiger partial charge in [-0.3, -0.25) is 0 Å². The maximum absolute atomic E-state index is 12.6. The van der Waals surface area contributed by atoms with Crippen LogP contribution in [0.3, 0.4) is 0 Å². The molecule has 0 amide bonds. The van der Waals surface area contributed by atoms with Gasteiger partial charge in [-0.2, -0.15) is 13.2 Å². The Balaban J connectivity index is 2.11. The number of nitrogens with zero attached hydrogens (tertiary/aromatic N) is 1. The molecule has 3 aromatic rings. The van der Waals surface area contributed by atoms with Crippen LogP contribution >= 0.6 is 11.3 Å². The number of rotatable bonds is 1. The highest BCUT2D eigenvalue weighted by molar-refractivity contribution is 7.19. The minimum absolute atomic E-state index is 0.163. The van der Waals surface area contributed by atoms with E-state index in [0.717, 1.165) is 17.4 Å². The Bertz CT molecular complexity index is 745. The van der Waals surface area contributed by atoms with Crippen molar-refractivity contribution >= 4 is 27.3 Å². The van der Waals surface area contributed by atoms with Crippen molar-refractivity contribution in [3.8, 4) is 11.3 Å². The van der Waals surface area contributed by atoms with E-state index < -0.39 is 11.1 Å². The number of nitrogens with two attached hydrogens (primary N) is 1.